The van der Waals surface area contributed by atoms with Gasteiger partial charge in [0.25, 0.3) is 0 Å². The minimum atomic E-state index is -0.136. The van der Waals surface area contributed by atoms with Gasteiger partial charge in [0, 0.05) is 13.1 Å². The maximum atomic E-state index is 11.7. The van der Waals surface area contributed by atoms with E-state index >= 15 is 0 Å². The number of hydrogen-bond acceptors (Lipinski definition) is 2. The summed E-state index contributed by atoms with van der Waals surface area (Å²) in [6.07, 6.45) is 1.87. The van der Waals surface area contributed by atoms with Crippen LogP contribution < -0.4 is 5.32 Å². The fraction of sp³-hybridized carbons (Fsp3) is 0.727. The van der Waals surface area contributed by atoms with Crippen LogP contribution in [0.5, 0.6) is 0 Å². The molecule has 0 aromatic rings. The quantitative estimate of drug-likeness (QED) is 0.557. The zero-order chi connectivity index (χ0) is 10.2. The molecule has 1 amide bonds. The van der Waals surface area contributed by atoms with Crippen LogP contribution in [0.15, 0.2) is 0 Å². The molecule has 0 radical (unpaired) electrons. The first kappa shape index (κ1) is 9.54. The van der Waals surface area contributed by atoms with Crippen molar-refractivity contribution in [3.63, 3.8) is 0 Å². The summed E-state index contributed by atoms with van der Waals surface area (Å²) in [4.78, 5) is 13.9. The second kappa shape index (κ2) is 3.29. The fourth-order valence-corrected chi connectivity index (χ4v) is 2.57. The summed E-state index contributed by atoms with van der Waals surface area (Å²) in [6, 6.07) is 0.267. The fourth-order valence-electron chi connectivity index (χ4n) is 2.57. The summed E-state index contributed by atoms with van der Waals surface area (Å²) < 4.78 is 0. The third kappa shape index (κ3) is 1.31. The lowest BCUT2D eigenvalue weighted by Gasteiger charge is -2.17. The van der Waals surface area contributed by atoms with Crippen LogP contribution in [0.25, 0.3) is 0 Å². The summed E-state index contributed by atoms with van der Waals surface area (Å²) in [5.74, 6) is 6.33. The van der Waals surface area contributed by atoms with Crippen molar-refractivity contribution in [2.45, 2.75) is 25.8 Å². The maximum absolute atomic E-state index is 11.7. The molecule has 0 aromatic carbocycles. The summed E-state index contributed by atoms with van der Waals surface area (Å²) in [7, 11) is 2.05. The van der Waals surface area contributed by atoms with Crippen LogP contribution in [0, 0.1) is 17.3 Å². The number of rotatable bonds is 0. The molecule has 2 fully saturated rings. The molecule has 2 heterocycles. The highest BCUT2D eigenvalue weighted by atomic mass is 16.2. The van der Waals surface area contributed by atoms with Crippen molar-refractivity contribution in [2.24, 2.45) is 5.41 Å². The van der Waals surface area contributed by atoms with Crippen molar-refractivity contribution in [1.29, 1.82) is 0 Å². The number of nitrogens with zero attached hydrogens (tertiary/aromatic N) is 1. The molecule has 2 aliphatic heterocycles. The maximum Gasteiger partial charge on any atom is 0.227 e. The topological polar surface area (TPSA) is 32.3 Å². The molecule has 14 heavy (non-hydrogen) atoms. The van der Waals surface area contributed by atoms with Crippen molar-refractivity contribution in [3.05, 3.63) is 0 Å². The molecule has 0 bridgehead atoms. The third-order valence-electron chi connectivity index (χ3n) is 3.35. The molecule has 2 saturated heterocycles. The van der Waals surface area contributed by atoms with Crippen molar-refractivity contribution in [2.75, 3.05) is 20.1 Å². The van der Waals surface area contributed by atoms with Crippen molar-refractivity contribution in [1.82, 2.24) is 10.2 Å². The Morgan fingerprint density at radius 2 is 2.43 bits per heavy atom. The van der Waals surface area contributed by atoms with Crippen LogP contribution in [-0.2, 0) is 4.79 Å². The highest BCUT2D eigenvalue weighted by Gasteiger charge is 2.49. The lowest BCUT2D eigenvalue weighted by Crippen LogP contribution is -2.33. The van der Waals surface area contributed by atoms with E-state index in [2.05, 4.69) is 29.1 Å². The predicted octanol–water partition coefficient (Wildman–Crippen LogP) is 0.220. The number of carbonyl (C=O) groups excluding carboxylic acids is 1. The Labute approximate surface area is 84.8 Å². The first-order valence-electron chi connectivity index (χ1n) is 5.09. The molecule has 0 saturated carbocycles. The zero-order valence-corrected chi connectivity index (χ0v) is 8.76. The molecule has 2 atom stereocenters. The van der Waals surface area contributed by atoms with Crippen LogP contribution in [-0.4, -0.2) is 37.0 Å². The van der Waals surface area contributed by atoms with Gasteiger partial charge in [-0.15, -0.1) is 5.92 Å². The van der Waals surface area contributed by atoms with E-state index in [1.807, 2.05) is 6.92 Å². The Hall–Kier alpha value is -1.01. The Morgan fingerprint density at radius 1 is 1.64 bits per heavy atom. The molecular formula is C11H16N2O. The van der Waals surface area contributed by atoms with Gasteiger partial charge in [0.15, 0.2) is 0 Å². The Kier molecular flexibility index (Phi) is 2.24. The molecule has 0 aromatic heterocycles. The largest absolute Gasteiger partial charge is 0.356 e. The van der Waals surface area contributed by atoms with Crippen molar-refractivity contribution < 1.29 is 4.79 Å². The van der Waals surface area contributed by atoms with Gasteiger partial charge in [0.05, 0.1) is 11.5 Å². The predicted molar refractivity (Wildman–Crippen MR) is 54.5 cm³/mol. The smallest absolute Gasteiger partial charge is 0.227 e. The highest BCUT2D eigenvalue weighted by molar-refractivity contribution is 5.85. The highest BCUT2D eigenvalue weighted by Crippen LogP contribution is 2.39. The van der Waals surface area contributed by atoms with Gasteiger partial charge in [-0.3, -0.25) is 9.69 Å². The second-order valence-electron chi connectivity index (χ2n) is 4.32. The first-order chi connectivity index (χ1) is 6.68. The van der Waals surface area contributed by atoms with Gasteiger partial charge in [0.1, 0.15) is 0 Å². The molecule has 2 rings (SSSR count). The van der Waals surface area contributed by atoms with Gasteiger partial charge in [0.2, 0.25) is 5.91 Å². The van der Waals surface area contributed by atoms with Crippen molar-refractivity contribution >= 4 is 5.91 Å². The summed E-state index contributed by atoms with van der Waals surface area (Å²) in [5, 5.41) is 2.92. The van der Waals surface area contributed by atoms with Gasteiger partial charge >= 0.3 is 0 Å². The minimum Gasteiger partial charge on any atom is -0.356 e. The lowest BCUT2D eigenvalue weighted by molar-refractivity contribution is -0.127. The van der Waals surface area contributed by atoms with Crippen LogP contribution in [0.3, 0.4) is 0 Å². The third-order valence-corrected chi connectivity index (χ3v) is 3.35. The molecular weight excluding hydrogens is 176 g/mol. The van der Waals surface area contributed by atoms with E-state index in [1.54, 1.807) is 0 Å². The van der Waals surface area contributed by atoms with E-state index in [1.165, 1.54) is 0 Å². The van der Waals surface area contributed by atoms with Gasteiger partial charge in [-0.1, -0.05) is 5.92 Å². The lowest BCUT2D eigenvalue weighted by atomic mass is 9.84. The van der Waals surface area contributed by atoms with Crippen LogP contribution >= 0.6 is 0 Å². The monoisotopic (exact) mass is 192 g/mol. The SMILES string of the molecule is CC#CC1CC2(CCNC2=O)CN1C. The van der Waals surface area contributed by atoms with Crippen molar-refractivity contribution in [3.8, 4) is 11.8 Å². The molecule has 0 aliphatic carbocycles. The Morgan fingerprint density at radius 3 is 3.00 bits per heavy atom. The number of amides is 1. The standard InChI is InChI=1S/C11H16N2O/c1-3-4-9-7-11(8-13(9)2)5-6-12-10(11)14/h9H,5-8H2,1-2H3,(H,12,14). The van der Waals surface area contributed by atoms with Gasteiger partial charge < -0.3 is 5.32 Å². The van der Waals surface area contributed by atoms with Gasteiger partial charge in [-0.2, -0.15) is 0 Å². The number of carbonyl (C=O) groups is 1. The number of likely N-dealkylation sites (tertiary alicyclic amines) is 1. The molecule has 76 valence electrons. The molecule has 1 spiro atoms. The van der Waals surface area contributed by atoms with Crippen LogP contribution in [0.4, 0.5) is 0 Å². The van der Waals surface area contributed by atoms with E-state index in [0.717, 1.165) is 25.9 Å². The van der Waals surface area contributed by atoms with Gasteiger partial charge in [-0.25, -0.2) is 0 Å². The average Bonchev–Trinajstić information content (AvgIpc) is 2.62. The Bertz CT molecular complexity index is 315. The van der Waals surface area contributed by atoms with E-state index in [9.17, 15) is 4.79 Å². The number of hydrogen-bond donors (Lipinski definition) is 1. The van der Waals surface area contributed by atoms with E-state index in [4.69, 9.17) is 0 Å². The van der Waals surface area contributed by atoms with E-state index in [0.29, 0.717) is 0 Å². The summed E-state index contributed by atoms with van der Waals surface area (Å²) in [5.41, 5.74) is -0.136. The molecule has 2 aliphatic rings. The molecule has 2 unspecified atom stereocenters. The first-order valence-corrected chi connectivity index (χ1v) is 5.09. The second-order valence-corrected chi connectivity index (χ2v) is 4.32. The van der Waals surface area contributed by atoms with Crippen LogP contribution in [0.1, 0.15) is 19.8 Å². The van der Waals surface area contributed by atoms with E-state index in [-0.39, 0.29) is 17.4 Å². The molecule has 1 N–H and O–H groups in total. The zero-order valence-electron chi connectivity index (χ0n) is 8.76. The molecule has 3 nitrogen and oxygen atoms in total. The summed E-state index contributed by atoms with van der Waals surface area (Å²) in [6.45, 7) is 3.55. The van der Waals surface area contributed by atoms with Crippen LogP contribution in [0.2, 0.25) is 0 Å². The minimum absolute atomic E-state index is 0.136. The normalized spacial score (nSPS) is 37.0. The van der Waals surface area contributed by atoms with Gasteiger partial charge in [-0.05, 0) is 26.8 Å². The Balaban J connectivity index is 2.18. The average molecular weight is 192 g/mol. The molecule has 3 heteroatoms. The number of nitrogens with one attached hydrogen (secondary N) is 1. The summed E-state index contributed by atoms with van der Waals surface area (Å²) >= 11 is 0. The van der Waals surface area contributed by atoms with E-state index < -0.39 is 0 Å².